The summed E-state index contributed by atoms with van der Waals surface area (Å²) in [7, 11) is 0. The summed E-state index contributed by atoms with van der Waals surface area (Å²) in [4.78, 5) is 0. The number of hydrogen-bond acceptors (Lipinski definition) is 4. The Hall–Kier alpha value is -2.36. The van der Waals surface area contributed by atoms with E-state index >= 15 is 0 Å². The van der Waals surface area contributed by atoms with Gasteiger partial charge in [-0.15, -0.1) is 0 Å². The van der Waals surface area contributed by atoms with Crippen LogP contribution < -0.4 is 18.9 Å². The Kier molecular flexibility index (Phi) is 58.0. The molecule has 83 heavy (non-hydrogen) atoms. The van der Waals surface area contributed by atoms with E-state index in [4.69, 9.17) is 18.9 Å². The second-order valence-corrected chi connectivity index (χ2v) is 26.2. The van der Waals surface area contributed by atoms with Crippen LogP contribution in [0.3, 0.4) is 0 Å². The van der Waals surface area contributed by atoms with Gasteiger partial charge in [0.25, 0.3) is 0 Å². The maximum absolute atomic E-state index is 6.68. The van der Waals surface area contributed by atoms with Crippen molar-refractivity contribution in [2.75, 3.05) is 26.4 Å². The third kappa shape index (κ3) is 50.4. The summed E-state index contributed by atoms with van der Waals surface area (Å²) >= 11 is 0. The SMILES string of the molecule is CCCCCCCCCCCCCCCCOc1ccc(CCCc2ccc(OCCCCCCCCCCCCCCCC)cc2OCCCCCCCCCCCCCCCC)c(OCCCCCCCCCCCCCCCC)c1. The lowest BCUT2D eigenvalue weighted by atomic mass is 10.0. The molecule has 2 aromatic rings. The van der Waals surface area contributed by atoms with Gasteiger partial charge >= 0.3 is 0 Å². The molecule has 0 aliphatic carbocycles. The molecule has 2 rings (SSSR count). The van der Waals surface area contributed by atoms with E-state index in [2.05, 4.69) is 64.1 Å². The lowest BCUT2D eigenvalue weighted by Crippen LogP contribution is -2.04. The van der Waals surface area contributed by atoms with Crippen LogP contribution in [-0.4, -0.2) is 26.4 Å². The summed E-state index contributed by atoms with van der Waals surface area (Å²) in [5.41, 5.74) is 2.61. The van der Waals surface area contributed by atoms with Crippen LogP contribution in [0, 0.1) is 0 Å². The average Bonchev–Trinajstić information content (AvgIpc) is 3.53. The van der Waals surface area contributed by atoms with Crippen molar-refractivity contribution >= 4 is 0 Å². The van der Waals surface area contributed by atoms with Crippen LogP contribution in [0.2, 0.25) is 0 Å². The van der Waals surface area contributed by atoms with Crippen molar-refractivity contribution in [2.24, 2.45) is 0 Å². The number of ether oxygens (including phenoxy) is 4. The van der Waals surface area contributed by atoms with Crippen LogP contribution in [0.1, 0.15) is 405 Å². The molecule has 0 heterocycles. The minimum absolute atomic E-state index is 0.783. The molecule has 0 spiro atoms. The van der Waals surface area contributed by atoms with Crippen molar-refractivity contribution in [3.8, 4) is 23.0 Å². The Labute approximate surface area is 519 Å². The molecule has 484 valence electrons. The lowest BCUT2D eigenvalue weighted by molar-refractivity contribution is 0.287. The van der Waals surface area contributed by atoms with Crippen molar-refractivity contribution in [2.45, 2.75) is 407 Å². The molecule has 2 aromatic carbocycles. The Balaban J connectivity index is 1.91. The summed E-state index contributed by atoms with van der Waals surface area (Å²) in [5, 5.41) is 0. The van der Waals surface area contributed by atoms with E-state index in [1.54, 1.807) is 0 Å². The fraction of sp³-hybridized carbons (Fsp3) is 0.848. The van der Waals surface area contributed by atoms with Gasteiger partial charge in [-0.1, -0.05) is 374 Å². The maximum atomic E-state index is 6.68. The normalized spacial score (nSPS) is 11.5. The molecule has 0 saturated heterocycles. The van der Waals surface area contributed by atoms with Gasteiger partial charge in [-0.25, -0.2) is 0 Å². The van der Waals surface area contributed by atoms with Crippen molar-refractivity contribution in [1.29, 1.82) is 0 Å². The van der Waals surface area contributed by atoms with Gasteiger partial charge in [-0.3, -0.25) is 0 Å². The summed E-state index contributed by atoms with van der Waals surface area (Å²) < 4.78 is 26.2. The van der Waals surface area contributed by atoms with Gasteiger partial charge < -0.3 is 18.9 Å². The maximum Gasteiger partial charge on any atom is 0.126 e. The highest BCUT2D eigenvalue weighted by molar-refractivity contribution is 5.42. The van der Waals surface area contributed by atoms with Crippen LogP contribution in [0.25, 0.3) is 0 Å². The number of rotatable bonds is 68. The Morgan fingerprint density at radius 2 is 0.373 bits per heavy atom. The van der Waals surface area contributed by atoms with Gasteiger partial charge in [-0.2, -0.15) is 0 Å². The predicted molar refractivity (Wildman–Crippen MR) is 368 cm³/mol. The molecule has 0 saturated carbocycles. The zero-order valence-corrected chi connectivity index (χ0v) is 56.6. The van der Waals surface area contributed by atoms with Gasteiger partial charge in [0.2, 0.25) is 0 Å². The van der Waals surface area contributed by atoms with Crippen LogP contribution in [0.5, 0.6) is 23.0 Å². The molecule has 0 atom stereocenters. The minimum atomic E-state index is 0.783. The van der Waals surface area contributed by atoms with Crippen molar-refractivity contribution in [3.63, 3.8) is 0 Å². The predicted octanol–water partition coefficient (Wildman–Crippen LogP) is 27.3. The van der Waals surface area contributed by atoms with E-state index in [0.29, 0.717) is 0 Å². The van der Waals surface area contributed by atoms with Crippen LogP contribution in [0.15, 0.2) is 36.4 Å². The molecule has 0 fully saturated rings. The molecule has 4 heteroatoms. The summed E-state index contributed by atoms with van der Waals surface area (Å²) in [6.45, 7) is 12.4. The summed E-state index contributed by atoms with van der Waals surface area (Å²) in [6.07, 6.45) is 79.9. The molecule has 0 radical (unpaired) electrons. The Morgan fingerprint density at radius 1 is 0.193 bits per heavy atom. The number of hydrogen-bond donors (Lipinski definition) is 0. The molecular weight excluding hydrogens is 1010 g/mol. The van der Waals surface area contributed by atoms with E-state index in [-0.39, 0.29) is 0 Å². The van der Waals surface area contributed by atoms with E-state index < -0.39 is 0 Å². The third-order valence-electron chi connectivity index (χ3n) is 18.0. The molecule has 0 bridgehead atoms. The van der Waals surface area contributed by atoms with Crippen LogP contribution in [-0.2, 0) is 12.8 Å². The first kappa shape index (κ1) is 76.7. The van der Waals surface area contributed by atoms with E-state index in [0.717, 1.165) is 94.4 Å². The average molecular weight is 1160 g/mol. The lowest BCUT2D eigenvalue weighted by Gasteiger charge is -2.16. The van der Waals surface area contributed by atoms with Gasteiger partial charge in [0.15, 0.2) is 0 Å². The zero-order chi connectivity index (χ0) is 59.1. The highest BCUT2D eigenvalue weighted by Crippen LogP contribution is 2.31. The second-order valence-electron chi connectivity index (χ2n) is 26.2. The van der Waals surface area contributed by atoms with Gasteiger partial charge in [0, 0.05) is 12.1 Å². The molecule has 0 aliphatic heterocycles. The fourth-order valence-electron chi connectivity index (χ4n) is 12.3. The smallest absolute Gasteiger partial charge is 0.126 e. The monoisotopic (exact) mass is 1160 g/mol. The number of aryl methyl sites for hydroxylation is 2. The Morgan fingerprint density at radius 3 is 0.578 bits per heavy atom. The first-order chi connectivity index (χ1) is 41.2. The van der Waals surface area contributed by atoms with Crippen LogP contribution >= 0.6 is 0 Å². The third-order valence-corrected chi connectivity index (χ3v) is 18.0. The largest absolute Gasteiger partial charge is 0.493 e. The topological polar surface area (TPSA) is 36.9 Å². The standard InChI is InChI=1S/C79H144O4/c1-5-9-13-17-21-25-29-33-37-41-45-49-53-57-68-80-76-66-64-74(78(72-76)82-70-59-55-51-47-43-39-35-31-27-23-19-15-11-7-3)62-61-63-75-65-67-77(81-69-58-54-50-46-42-38-34-30-26-22-18-14-10-6-2)73-79(75)83-71-60-56-52-48-44-40-36-32-28-24-20-16-12-8-4/h64-67,72-73H,5-63,68-71H2,1-4H3. The number of unbranched alkanes of at least 4 members (excludes halogenated alkanes) is 52. The summed E-state index contributed by atoms with van der Waals surface area (Å²) in [5.74, 6) is 3.98. The Bertz CT molecular complexity index is 1470. The molecule has 0 aliphatic rings. The van der Waals surface area contributed by atoms with Crippen molar-refractivity contribution in [3.05, 3.63) is 47.5 Å². The van der Waals surface area contributed by atoms with Crippen molar-refractivity contribution < 1.29 is 18.9 Å². The van der Waals surface area contributed by atoms with Gasteiger partial charge in [0.05, 0.1) is 26.4 Å². The van der Waals surface area contributed by atoms with Crippen molar-refractivity contribution in [1.82, 2.24) is 0 Å². The zero-order valence-electron chi connectivity index (χ0n) is 56.6. The second kappa shape index (κ2) is 62.7. The van der Waals surface area contributed by atoms with E-state index in [9.17, 15) is 0 Å². The summed E-state index contributed by atoms with van der Waals surface area (Å²) in [6, 6.07) is 13.4. The molecule has 0 unspecified atom stereocenters. The first-order valence-corrected chi connectivity index (χ1v) is 38.0. The van der Waals surface area contributed by atoms with Crippen LogP contribution in [0.4, 0.5) is 0 Å². The molecule has 0 aromatic heterocycles. The number of benzene rings is 2. The van der Waals surface area contributed by atoms with Gasteiger partial charge in [-0.05, 0) is 68.2 Å². The molecule has 0 N–H and O–H groups in total. The molecule has 0 amide bonds. The molecule has 4 nitrogen and oxygen atoms in total. The van der Waals surface area contributed by atoms with Gasteiger partial charge in [0.1, 0.15) is 23.0 Å². The minimum Gasteiger partial charge on any atom is -0.493 e. The highest BCUT2D eigenvalue weighted by atomic mass is 16.5. The molecular formula is C79H144O4. The quantitative estimate of drug-likeness (QED) is 0.0619. The first-order valence-electron chi connectivity index (χ1n) is 38.0. The fourth-order valence-corrected chi connectivity index (χ4v) is 12.3. The van der Waals surface area contributed by atoms with E-state index in [1.807, 2.05) is 0 Å². The van der Waals surface area contributed by atoms with E-state index in [1.165, 1.54) is 345 Å². The highest BCUT2D eigenvalue weighted by Gasteiger charge is 2.12.